The number of benzene rings is 2. The van der Waals surface area contributed by atoms with Crippen LogP contribution in [0.3, 0.4) is 0 Å². The van der Waals surface area contributed by atoms with Crippen LogP contribution in [0.5, 0.6) is 5.75 Å². The van der Waals surface area contributed by atoms with Crippen molar-refractivity contribution >= 4 is 21.4 Å². The number of carbonyl (C=O) groups is 1. The minimum Gasteiger partial charge on any atom is -0.494 e. The van der Waals surface area contributed by atoms with Gasteiger partial charge in [-0.05, 0) is 55.5 Å². The number of nitrogens with one attached hydrogen (secondary N) is 1. The number of hydrogen-bond acceptors (Lipinski definition) is 6. The minimum absolute atomic E-state index is 0.0336. The highest BCUT2D eigenvalue weighted by atomic mass is 32.2. The van der Waals surface area contributed by atoms with Crippen LogP contribution in [0.4, 0.5) is 5.69 Å². The van der Waals surface area contributed by atoms with Crippen molar-refractivity contribution in [3.05, 3.63) is 66.2 Å². The SMILES string of the molecule is CCOc1ccc(C(=O)Nc2cccc(-c3ccc(S(=O)(=O)CC)nn3)c2)cc1. The quantitative estimate of drug-likeness (QED) is 0.638. The first-order valence-electron chi connectivity index (χ1n) is 9.14. The van der Waals surface area contributed by atoms with Crippen molar-refractivity contribution < 1.29 is 17.9 Å². The molecule has 1 amide bonds. The zero-order chi connectivity index (χ0) is 20.9. The van der Waals surface area contributed by atoms with Gasteiger partial charge in [0, 0.05) is 16.8 Å². The first kappa shape index (κ1) is 20.5. The monoisotopic (exact) mass is 411 g/mol. The van der Waals surface area contributed by atoms with Crippen LogP contribution >= 0.6 is 0 Å². The van der Waals surface area contributed by atoms with E-state index in [4.69, 9.17) is 4.74 Å². The Morgan fingerprint density at radius 1 is 1.00 bits per heavy atom. The molecule has 29 heavy (non-hydrogen) atoms. The number of aromatic nitrogens is 2. The van der Waals surface area contributed by atoms with Crippen LogP contribution in [0, 0.1) is 0 Å². The Morgan fingerprint density at radius 3 is 2.38 bits per heavy atom. The molecule has 0 saturated carbocycles. The van der Waals surface area contributed by atoms with Crippen molar-refractivity contribution in [3.63, 3.8) is 0 Å². The Labute approximate surface area is 169 Å². The summed E-state index contributed by atoms with van der Waals surface area (Å²) in [6, 6.07) is 17.0. The summed E-state index contributed by atoms with van der Waals surface area (Å²) in [6.45, 7) is 4.02. The van der Waals surface area contributed by atoms with Crippen molar-refractivity contribution in [2.24, 2.45) is 0 Å². The largest absolute Gasteiger partial charge is 0.494 e. The fourth-order valence-electron chi connectivity index (χ4n) is 2.62. The smallest absolute Gasteiger partial charge is 0.255 e. The standard InChI is InChI=1S/C21H21N3O4S/c1-3-28-18-10-8-15(9-11-18)21(25)22-17-7-5-6-16(14-17)19-12-13-20(24-23-19)29(26,27)4-2/h5-14H,3-4H2,1-2H3,(H,22,25). The van der Waals surface area contributed by atoms with Crippen molar-refractivity contribution in [2.75, 3.05) is 17.7 Å². The van der Waals surface area contributed by atoms with Gasteiger partial charge in [0.2, 0.25) is 0 Å². The average Bonchev–Trinajstić information content (AvgIpc) is 2.75. The first-order valence-corrected chi connectivity index (χ1v) is 10.8. The molecule has 7 nitrogen and oxygen atoms in total. The van der Waals surface area contributed by atoms with E-state index in [1.54, 1.807) is 55.5 Å². The number of rotatable bonds is 7. The molecule has 8 heteroatoms. The van der Waals surface area contributed by atoms with Crippen LogP contribution in [-0.4, -0.2) is 36.9 Å². The molecule has 2 aromatic carbocycles. The lowest BCUT2D eigenvalue weighted by Gasteiger charge is -2.08. The van der Waals surface area contributed by atoms with Gasteiger partial charge in [-0.1, -0.05) is 19.1 Å². The fraction of sp³-hybridized carbons (Fsp3) is 0.190. The van der Waals surface area contributed by atoms with Crippen LogP contribution in [0.15, 0.2) is 65.7 Å². The summed E-state index contributed by atoms with van der Waals surface area (Å²) < 4.78 is 29.1. The summed E-state index contributed by atoms with van der Waals surface area (Å²) in [5.74, 6) is 0.424. The Kier molecular flexibility index (Phi) is 6.23. The second kappa shape index (κ2) is 8.83. The van der Waals surface area contributed by atoms with Gasteiger partial charge in [0.1, 0.15) is 5.75 Å². The number of amides is 1. The summed E-state index contributed by atoms with van der Waals surface area (Å²) >= 11 is 0. The molecule has 1 aromatic heterocycles. The van der Waals surface area contributed by atoms with E-state index in [9.17, 15) is 13.2 Å². The Balaban J connectivity index is 1.76. The van der Waals surface area contributed by atoms with Crippen molar-refractivity contribution in [1.29, 1.82) is 0 Å². The van der Waals surface area contributed by atoms with Gasteiger partial charge in [-0.2, -0.15) is 0 Å². The zero-order valence-corrected chi connectivity index (χ0v) is 16.9. The number of ether oxygens (including phenoxy) is 1. The Bertz CT molecular complexity index is 1100. The van der Waals surface area contributed by atoms with E-state index >= 15 is 0 Å². The number of carbonyl (C=O) groups excluding carboxylic acids is 1. The van der Waals surface area contributed by atoms with Gasteiger partial charge >= 0.3 is 0 Å². The summed E-state index contributed by atoms with van der Waals surface area (Å²) in [7, 11) is -3.40. The van der Waals surface area contributed by atoms with Crippen molar-refractivity contribution in [3.8, 4) is 17.0 Å². The molecule has 1 heterocycles. The van der Waals surface area contributed by atoms with Crippen molar-refractivity contribution in [2.45, 2.75) is 18.9 Å². The van der Waals surface area contributed by atoms with Gasteiger partial charge in [-0.15, -0.1) is 10.2 Å². The lowest BCUT2D eigenvalue weighted by Crippen LogP contribution is -2.11. The third-order valence-electron chi connectivity index (χ3n) is 4.18. The van der Waals surface area contributed by atoms with E-state index in [0.717, 1.165) is 0 Å². The second-order valence-corrected chi connectivity index (χ2v) is 8.38. The van der Waals surface area contributed by atoms with E-state index in [-0.39, 0.29) is 16.7 Å². The highest BCUT2D eigenvalue weighted by Crippen LogP contribution is 2.22. The highest BCUT2D eigenvalue weighted by molar-refractivity contribution is 7.91. The molecule has 0 aliphatic rings. The van der Waals surface area contributed by atoms with E-state index in [0.29, 0.717) is 34.9 Å². The maximum Gasteiger partial charge on any atom is 0.255 e. The van der Waals surface area contributed by atoms with E-state index < -0.39 is 9.84 Å². The van der Waals surface area contributed by atoms with Crippen LogP contribution in [0.25, 0.3) is 11.3 Å². The summed E-state index contributed by atoms with van der Waals surface area (Å²) in [6.07, 6.45) is 0. The summed E-state index contributed by atoms with van der Waals surface area (Å²) in [4.78, 5) is 12.5. The molecule has 1 N–H and O–H groups in total. The van der Waals surface area contributed by atoms with Gasteiger partial charge in [0.25, 0.3) is 5.91 Å². The molecule has 3 aromatic rings. The average molecular weight is 411 g/mol. The van der Waals surface area contributed by atoms with Crippen LogP contribution in [0.2, 0.25) is 0 Å². The molecule has 0 atom stereocenters. The van der Waals surface area contributed by atoms with Gasteiger partial charge in [0.05, 0.1) is 18.1 Å². The molecular weight excluding hydrogens is 390 g/mol. The molecular formula is C21H21N3O4S. The third kappa shape index (κ3) is 4.97. The predicted molar refractivity (Wildman–Crippen MR) is 111 cm³/mol. The molecule has 0 aliphatic heterocycles. The van der Waals surface area contributed by atoms with Crippen molar-refractivity contribution in [1.82, 2.24) is 10.2 Å². The second-order valence-electron chi connectivity index (χ2n) is 6.15. The van der Waals surface area contributed by atoms with Gasteiger partial charge in [-0.3, -0.25) is 4.79 Å². The van der Waals surface area contributed by atoms with E-state index in [1.807, 2.05) is 13.0 Å². The first-order chi connectivity index (χ1) is 13.9. The number of anilines is 1. The number of hydrogen-bond donors (Lipinski definition) is 1. The minimum atomic E-state index is -3.40. The lowest BCUT2D eigenvalue weighted by molar-refractivity contribution is 0.102. The molecule has 0 unspecified atom stereocenters. The molecule has 0 spiro atoms. The lowest BCUT2D eigenvalue weighted by atomic mass is 10.1. The molecule has 0 radical (unpaired) electrons. The Morgan fingerprint density at radius 2 is 1.76 bits per heavy atom. The molecule has 150 valence electrons. The summed E-state index contributed by atoms with van der Waals surface area (Å²) in [5.41, 5.74) is 2.32. The highest BCUT2D eigenvalue weighted by Gasteiger charge is 2.14. The van der Waals surface area contributed by atoms with Crippen LogP contribution in [0.1, 0.15) is 24.2 Å². The molecule has 0 fully saturated rings. The molecule has 0 aliphatic carbocycles. The maximum absolute atomic E-state index is 12.5. The zero-order valence-electron chi connectivity index (χ0n) is 16.1. The van der Waals surface area contributed by atoms with Gasteiger partial charge in [0.15, 0.2) is 14.9 Å². The molecule has 0 saturated heterocycles. The number of sulfone groups is 1. The van der Waals surface area contributed by atoms with Gasteiger partial charge in [-0.25, -0.2) is 8.42 Å². The topological polar surface area (TPSA) is 98.2 Å². The predicted octanol–water partition coefficient (Wildman–Crippen LogP) is 3.59. The van der Waals surface area contributed by atoms with Crippen LogP contribution in [-0.2, 0) is 9.84 Å². The maximum atomic E-state index is 12.5. The normalized spacial score (nSPS) is 11.1. The summed E-state index contributed by atoms with van der Waals surface area (Å²) in [5, 5.41) is 10.6. The van der Waals surface area contributed by atoms with E-state index in [2.05, 4.69) is 15.5 Å². The fourth-order valence-corrected chi connectivity index (χ4v) is 3.35. The molecule has 3 rings (SSSR count). The van der Waals surface area contributed by atoms with Gasteiger partial charge < -0.3 is 10.1 Å². The molecule has 0 bridgehead atoms. The third-order valence-corrected chi connectivity index (χ3v) is 5.80. The number of nitrogens with zero attached hydrogens (tertiary/aromatic N) is 2. The van der Waals surface area contributed by atoms with Crippen LogP contribution < -0.4 is 10.1 Å². The van der Waals surface area contributed by atoms with E-state index in [1.165, 1.54) is 6.07 Å². The Hall–Kier alpha value is -3.26.